The van der Waals surface area contributed by atoms with E-state index in [4.69, 9.17) is 8.94 Å². The molecule has 0 saturated heterocycles. The van der Waals surface area contributed by atoms with Gasteiger partial charge in [-0.25, -0.2) is 4.79 Å². The van der Waals surface area contributed by atoms with Gasteiger partial charge in [0.25, 0.3) is 0 Å². The molecule has 6 heteroatoms. The zero-order valence-electron chi connectivity index (χ0n) is 17.4. The molecule has 1 N–H and O–H groups in total. The summed E-state index contributed by atoms with van der Waals surface area (Å²) < 4.78 is 10.9. The first kappa shape index (κ1) is 19.6. The van der Waals surface area contributed by atoms with E-state index in [-0.39, 0.29) is 0 Å². The molecule has 152 valence electrons. The Morgan fingerprint density at radius 1 is 1.23 bits per heavy atom. The van der Waals surface area contributed by atoms with E-state index in [1.54, 1.807) is 6.20 Å². The van der Waals surface area contributed by atoms with Gasteiger partial charge in [-0.05, 0) is 62.6 Å². The van der Waals surface area contributed by atoms with Crippen LogP contribution in [0.2, 0.25) is 0 Å². The van der Waals surface area contributed by atoms with E-state index in [0.29, 0.717) is 17.5 Å². The van der Waals surface area contributed by atoms with Crippen molar-refractivity contribution in [2.75, 3.05) is 0 Å². The molecule has 0 bridgehead atoms. The maximum absolute atomic E-state index is 12.0. The van der Waals surface area contributed by atoms with Crippen molar-refractivity contribution in [1.82, 2.24) is 10.1 Å². The van der Waals surface area contributed by atoms with Crippen LogP contribution in [0.1, 0.15) is 37.3 Å². The lowest BCUT2D eigenvalue weighted by Gasteiger charge is -2.12. The summed E-state index contributed by atoms with van der Waals surface area (Å²) in [7, 11) is 0. The normalized spacial score (nSPS) is 15.0. The Bertz CT molecular complexity index is 1300. The number of hydrogen-bond acceptors (Lipinski definition) is 5. The number of oxazole rings is 1. The fourth-order valence-electron chi connectivity index (χ4n) is 3.82. The molecule has 6 nitrogen and oxygen atoms in total. The average Bonchev–Trinajstić information content (AvgIpc) is 3.15. The SMILES string of the molecule is C/C=C\C(=C/C)C1=NC=CC=C(c2cc(-c3c(C)noc3C)cc3[nH]c(=O)oc23)C1. The summed E-state index contributed by atoms with van der Waals surface area (Å²) in [6, 6.07) is 3.93. The summed E-state index contributed by atoms with van der Waals surface area (Å²) in [5, 5.41) is 4.07. The fraction of sp³-hybridized carbons (Fsp3) is 0.208. The molecule has 1 aromatic carbocycles. The molecule has 1 aliphatic rings. The highest BCUT2D eigenvalue weighted by atomic mass is 16.5. The molecule has 0 aliphatic carbocycles. The number of aryl methyl sites for hydroxylation is 2. The van der Waals surface area contributed by atoms with Gasteiger partial charge < -0.3 is 8.94 Å². The Kier molecular flexibility index (Phi) is 5.23. The van der Waals surface area contributed by atoms with Gasteiger partial charge in [0, 0.05) is 23.7 Å². The molecule has 3 heterocycles. The zero-order valence-corrected chi connectivity index (χ0v) is 17.4. The third-order valence-corrected chi connectivity index (χ3v) is 5.15. The lowest BCUT2D eigenvalue weighted by molar-refractivity contribution is 0.393. The highest BCUT2D eigenvalue weighted by Gasteiger charge is 2.20. The van der Waals surface area contributed by atoms with E-state index in [1.165, 1.54) is 0 Å². The second-order valence-corrected chi connectivity index (χ2v) is 7.14. The molecule has 4 rings (SSSR count). The highest BCUT2D eigenvalue weighted by Crippen LogP contribution is 2.35. The first-order valence-corrected chi connectivity index (χ1v) is 9.84. The number of benzene rings is 1. The Balaban J connectivity index is 1.90. The van der Waals surface area contributed by atoms with Gasteiger partial charge in [0.1, 0.15) is 5.76 Å². The number of aromatic nitrogens is 2. The summed E-state index contributed by atoms with van der Waals surface area (Å²) in [4.78, 5) is 19.4. The van der Waals surface area contributed by atoms with Gasteiger partial charge >= 0.3 is 5.76 Å². The smallest absolute Gasteiger partial charge is 0.407 e. The molecule has 1 aliphatic heterocycles. The van der Waals surface area contributed by atoms with Crippen molar-refractivity contribution in [1.29, 1.82) is 0 Å². The molecule has 2 aromatic heterocycles. The molecule has 3 aromatic rings. The molecule has 0 unspecified atom stereocenters. The predicted octanol–water partition coefficient (Wildman–Crippen LogP) is 5.66. The van der Waals surface area contributed by atoms with Crippen molar-refractivity contribution in [2.24, 2.45) is 4.99 Å². The standard InChI is InChI=1S/C24H23N3O3/c1-5-8-16(6-2)20-12-17(9-7-10-25-20)19-11-18(22-14(3)27-30-15(22)4)13-21-23(19)29-24(28)26-21/h5-11,13H,12H2,1-4H3,(H,26,28)/b8-5-,16-6+. The molecular weight excluding hydrogens is 378 g/mol. The van der Waals surface area contributed by atoms with Gasteiger partial charge in [-0.2, -0.15) is 0 Å². The average molecular weight is 401 g/mol. The first-order chi connectivity index (χ1) is 14.5. The summed E-state index contributed by atoms with van der Waals surface area (Å²) in [6.07, 6.45) is 12.4. The Hall–Kier alpha value is -3.67. The molecule has 0 radical (unpaired) electrons. The summed E-state index contributed by atoms with van der Waals surface area (Å²) in [5.74, 6) is 0.244. The van der Waals surface area contributed by atoms with Gasteiger partial charge in [0.05, 0.1) is 16.9 Å². The van der Waals surface area contributed by atoms with Gasteiger partial charge in [0.2, 0.25) is 0 Å². The molecule has 0 fully saturated rings. The van der Waals surface area contributed by atoms with Crippen LogP contribution in [0.3, 0.4) is 0 Å². The van der Waals surface area contributed by atoms with Crippen LogP contribution in [0, 0.1) is 13.8 Å². The van der Waals surface area contributed by atoms with E-state index < -0.39 is 5.76 Å². The lowest BCUT2D eigenvalue weighted by Crippen LogP contribution is -2.02. The number of allylic oxidation sites excluding steroid dienone is 7. The van der Waals surface area contributed by atoms with Gasteiger partial charge in [-0.1, -0.05) is 29.5 Å². The van der Waals surface area contributed by atoms with Crippen molar-refractivity contribution < 1.29 is 8.94 Å². The third-order valence-electron chi connectivity index (χ3n) is 5.15. The van der Waals surface area contributed by atoms with Crippen LogP contribution < -0.4 is 5.76 Å². The van der Waals surface area contributed by atoms with Crippen LogP contribution in [-0.4, -0.2) is 15.9 Å². The van der Waals surface area contributed by atoms with Gasteiger partial charge in [-0.15, -0.1) is 0 Å². The lowest BCUT2D eigenvalue weighted by atomic mass is 9.92. The van der Waals surface area contributed by atoms with Crippen LogP contribution in [-0.2, 0) is 0 Å². The summed E-state index contributed by atoms with van der Waals surface area (Å²) in [6.45, 7) is 7.77. The quantitative estimate of drug-likeness (QED) is 0.572. The van der Waals surface area contributed by atoms with Crippen molar-refractivity contribution in [3.8, 4) is 11.1 Å². The van der Waals surface area contributed by atoms with E-state index in [1.807, 2.05) is 70.2 Å². The third kappa shape index (κ3) is 3.52. The molecule has 30 heavy (non-hydrogen) atoms. The Morgan fingerprint density at radius 3 is 2.77 bits per heavy atom. The largest absolute Gasteiger partial charge is 0.417 e. The predicted molar refractivity (Wildman–Crippen MR) is 120 cm³/mol. The minimum atomic E-state index is -0.483. The topological polar surface area (TPSA) is 84.4 Å². The second kappa shape index (κ2) is 7.99. The van der Waals surface area contributed by atoms with E-state index >= 15 is 0 Å². The van der Waals surface area contributed by atoms with Crippen LogP contribution >= 0.6 is 0 Å². The van der Waals surface area contributed by atoms with Crippen LogP contribution in [0.15, 0.2) is 73.0 Å². The van der Waals surface area contributed by atoms with E-state index in [2.05, 4.69) is 15.1 Å². The minimum absolute atomic E-state index is 0.483. The number of aromatic amines is 1. The molecular formula is C24H23N3O3. The zero-order chi connectivity index (χ0) is 21.3. The highest BCUT2D eigenvalue weighted by molar-refractivity contribution is 6.10. The van der Waals surface area contributed by atoms with Gasteiger partial charge in [-0.3, -0.25) is 9.98 Å². The summed E-state index contributed by atoms with van der Waals surface area (Å²) >= 11 is 0. The second-order valence-electron chi connectivity index (χ2n) is 7.14. The van der Waals surface area contributed by atoms with E-state index in [9.17, 15) is 4.79 Å². The monoisotopic (exact) mass is 401 g/mol. The number of nitrogens with one attached hydrogen (secondary N) is 1. The van der Waals surface area contributed by atoms with E-state index in [0.717, 1.165) is 45.0 Å². The van der Waals surface area contributed by atoms with Crippen LogP contribution in [0.25, 0.3) is 27.8 Å². The molecule has 0 atom stereocenters. The molecule has 0 spiro atoms. The number of fused-ring (bicyclic) bond motifs is 1. The van der Waals surface area contributed by atoms with Crippen molar-refractivity contribution in [3.05, 3.63) is 81.9 Å². The Labute approximate surface area is 174 Å². The molecule has 0 saturated carbocycles. The van der Waals surface area contributed by atoms with Crippen molar-refractivity contribution in [3.63, 3.8) is 0 Å². The maximum atomic E-state index is 12.0. The van der Waals surface area contributed by atoms with Crippen molar-refractivity contribution in [2.45, 2.75) is 34.1 Å². The van der Waals surface area contributed by atoms with Crippen LogP contribution in [0.5, 0.6) is 0 Å². The number of aliphatic imine (C=N–C) groups is 1. The maximum Gasteiger partial charge on any atom is 0.417 e. The fourth-order valence-corrected chi connectivity index (χ4v) is 3.82. The van der Waals surface area contributed by atoms with Crippen molar-refractivity contribution >= 4 is 22.4 Å². The molecule has 0 amide bonds. The number of hydrogen-bond donors (Lipinski definition) is 1. The van der Waals surface area contributed by atoms with Gasteiger partial charge in [0.15, 0.2) is 5.58 Å². The minimum Gasteiger partial charge on any atom is -0.407 e. The van der Waals surface area contributed by atoms with Crippen LogP contribution in [0.4, 0.5) is 0 Å². The first-order valence-electron chi connectivity index (χ1n) is 9.84. The number of rotatable bonds is 4. The number of nitrogens with zero attached hydrogens (tertiary/aromatic N) is 2. The summed E-state index contributed by atoms with van der Waals surface area (Å²) in [5.41, 5.74) is 7.66. The number of H-pyrrole nitrogens is 1. The Morgan fingerprint density at radius 2 is 2.07 bits per heavy atom.